The molecule has 0 spiro atoms. The Bertz CT molecular complexity index is 2300. The van der Waals surface area contributed by atoms with E-state index in [1.165, 1.54) is 43.4 Å². The van der Waals surface area contributed by atoms with Gasteiger partial charge < -0.3 is 9.80 Å². The molecule has 0 aromatic heterocycles. The van der Waals surface area contributed by atoms with Crippen molar-refractivity contribution in [3.05, 3.63) is 194 Å². The molecule has 0 radical (unpaired) electrons. The molecule has 240 valence electrons. The van der Waals surface area contributed by atoms with Crippen LogP contribution in [0.25, 0.3) is 43.4 Å². The quantitative estimate of drug-likeness (QED) is 0.160. The molecule has 0 aliphatic heterocycles. The van der Waals surface area contributed by atoms with Gasteiger partial charge in [-0.05, 0) is 81.9 Å². The van der Waals surface area contributed by atoms with Gasteiger partial charge in [-0.25, -0.2) is 0 Å². The minimum Gasteiger partial charge on any atom is -0.310 e. The Labute approximate surface area is 294 Å². The van der Waals surface area contributed by atoms with Crippen molar-refractivity contribution in [2.24, 2.45) is 0 Å². The third-order valence-electron chi connectivity index (χ3n) is 9.36. The van der Waals surface area contributed by atoms with Crippen LogP contribution >= 0.6 is 0 Å². The summed E-state index contributed by atoms with van der Waals surface area (Å²) in [4.78, 5) is 4.81. The van der Waals surface area contributed by atoms with Crippen LogP contribution in [0.15, 0.2) is 194 Å². The maximum absolute atomic E-state index is 2.40. The smallest absolute Gasteiger partial charge is 0.0561 e. The molecule has 0 atom stereocenters. The third-order valence-corrected chi connectivity index (χ3v) is 9.36. The zero-order valence-corrected chi connectivity index (χ0v) is 28.4. The summed E-state index contributed by atoms with van der Waals surface area (Å²) in [6.45, 7) is 4.00. The molecule has 0 amide bonds. The summed E-state index contributed by atoms with van der Waals surface area (Å²) >= 11 is 0. The average molecular weight is 643 g/mol. The molecule has 0 saturated heterocycles. The van der Waals surface area contributed by atoms with Crippen molar-refractivity contribution >= 4 is 66.4 Å². The molecule has 0 fully saturated rings. The summed E-state index contributed by atoms with van der Waals surface area (Å²) in [6, 6.07) is 69.9. The van der Waals surface area contributed by atoms with Gasteiger partial charge in [0.25, 0.3) is 0 Å². The lowest BCUT2D eigenvalue weighted by Crippen LogP contribution is -2.14. The second-order valence-corrected chi connectivity index (χ2v) is 12.2. The van der Waals surface area contributed by atoms with Crippen LogP contribution in [0.3, 0.4) is 0 Å². The van der Waals surface area contributed by atoms with Crippen LogP contribution in [0.5, 0.6) is 0 Å². The van der Waals surface area contributed by atoms with Gasteiger partial charge in [0, 0.05) is 38.9 Å². The highest BCUT2D eigenvalue weighted by Crippen LogP contribution is 2.50. The minimum absolute atomic E-state index is 1.11. The summed E-state index contributed by atoms with van der Waals surface area (Å²) in [5.41, 5.74) is 9.18. The highest BCUT2D eigenvalue weighted by Gasteiger charge is 2.24. The van der Waals surface area contributed by atoms with Gasteiger partial charge >= 0.3 is 0 Å². The van der Waals surface area contributed by atoms with Gasteiger partial charge in [0.2, 0.25) is 0 Å². The van der Waals surface area contributed by atoms with E-state index in [2.05, 4.69) is 204 Å². The summed E-state index contributed by atoms with van der Waals surface area (Å²) in [5, 5.41) is 7.48. The van der Waals surface area contributed by atoms with E-state index < -0.39 is 0 Å². The van der Waals surface area contributed by atoms with Gasteiger partial charge in [-0.15, -0.1) is 0 Å². The Balaban J connectivity index is 0.00000177. The number of para-hydroxylation sites is 4. The fourth-order valence-corrected chi connectivity index (χ4v) is 7.26. The molecule has 0 bridgehead atoms. The van der Waals surface area contributed by atoms with Crippen LogP contribution in [-0.2, 0) is 0 Å². The lowest BCUT2D eigenvalue weighted by Gasteiger charge is -2.32. The Morgan fingerprint density at radius 1 is 0.320 bits per heavy atom. The zero-order valence-electron chi connectivity index (χ0n) is 28.4. The molecule has 2 heteroatoms. The van der Waals surface area contributed by atoms with Crippen molar-refractivity contribution in [1.29, 1.82) is 0 Å². The van der Waals surface area contributed by atoms with Gasteiger partial charge in [-0.1, -0.05) is 153 Å². The standard InChI is InChI=1S/C46H32N2.C2H6/c1-6-16-33(17-7-1)39-28-26-34-27-29-41-43(47(35-18-8-2-9-19-35)36-20-10-3-11-21-36)32-44(42-31-30-40(39)45(34)46(41)42)48(37-22-12-4-13-23-37)38-24-14-5-15-25-38;1-2/h1-32H;1-2H3. The van der Waals surface area contributed by atoms with E-state index in [4.69, 9.17) is 0 Å². The van der Waals surface area contributed by atoms with Gasteiger partial charge in [0.15, 0.2) is 0 Å². The largest absolute Gasteiger partial charge is 0.310 e. The number of rotatable bonds is 7. The topological polar surface area (TPSA) is 6.48 Å². The molecule has 50 heavy (non-hydrogen) atoms. The maximum atomic E-state index is 2.40. The minimum atomic E-state index is 1.11. The number of benzene rings is 9. The zero-order chi connectivity index (χ0) is 33.9. The second kappa shape index (κ2) is 13.6. The van der Waals surface area contributed by atoms with E-state index >= 15 is 0 Å². The fourth-order valence-electron chi connectivity index (χ4n) is 7.26. The Morgan fingerprint density at radius 2 is 0.680 bits per heavy atom. The van der Waals surface area contributed by atoms with Crippen LogP contribution < -0.4 is 9.80 Å². The predicted molar refractivity (Wildman–Crippen MR) is 216 cm³/mol. The molecule has 0 N–H and O–H groups in total. The number of hydrogen-bond acceptors (Lipinski definition) is 2. The summed E-state index contributed by atoms with van der Waals surface area (Å²) in [6.07, 6.45) is 0. The fraction of sp³-hybridized carbons (Fsp3) is 0.0417. The van der Waals surface area contributed by atoms with Crippen molar-refractivity contribution in [3.8, 4) is 11.1 Å². The number of hydrogen-bond donors (Lipinski definition) is 0. The Hall–Kier alpha value is -6.38. The van der Waals surface area contributed by atoms with Crippen molar-refractivity contribution < 1.29 is 0 Å². The molecular formula is C48H38N2. The van der Waals surface area contributed by atoms with Gasteiger partial charge in [0.05, 0.1) is 11.4 Å². The van der Waals surface area contributed by atoms with Crippen molar-refractivity contribution in [3.63, 3.8) is 0 Å². The molecule has 9 aromatic carbocycles. The molecule has 0 aliphatic rings. The lowest BCUT2D eigenvalue weighted by molar-refractivity contribution is 1.27. The summed E-state index contributed by atoms with van der Waals surface area (Å²) < 4.78 is 0. The SMILES string of the molecule is CC.c1ccc(-c2ccc3ccc4c(N(c5ccccc5)c5ccccc5)cc(N(c5ccccc5)c5ccccc5)c5ccc2c3c45)cc1. The van der Waals surface area contributed by atoms with E-state index in [9.17, 15) is 0 Å². The van der Waals surface area contributed by atoms with Crippen LogP contribution in [0.2, 0.25) is 0 Å². The maximum Gasteiger partial charge on any atom is 0.0561 e. The summed E-state index contributed by atoms with van der Waals surface area (Å²) in [7, 11) is 0. The van der Waals surface area contributed by atoms with E-state index in [1.54, 1.807) is 0 Å². The highest BCUT2D eigenvalue weighted by molar-refractivity contribution is 6.30. The highest BCUT2D eigenvalue weighted by atomic mass is 15.2. The third kappa shape index (κ3) is 5.41. The molecule has 2 nitrogen and oxygen atoms in total. The van der Waals surface area contributed by atoms with Crippen molar-refractivity contribution in [2.45, 2.75) is 13.8 Å². The lowest BCUT2D eigenvalue weighted by atomic mass is 9.88. The van der Waals surface area contributed by atoms with Crippen molar-refractivity contribution in [1.82, 2.24) is 0 Å². The normalized spacial score (nSPS) is 11.0. The van der Waals surface area contributed by atoms with E-state index in [0.29, 0.717) is 0 Å². The molecule has 9 rings (SSSR count). The number of anilines is 6. The first-order valence-electron chi connectivity index (χ1n) is 17.5. The monoisotopic (exact) mass is 642 g/mol. The first-order chi connectivity index (χ1) is 24.8. The van der Waals surface area contributed by atoms with Gasteiger partial charge in [-0.3, -0.25) is 0 Å². The Morgan fingerprint density at radius 3 is 1.12 bits per heavy atom. The van der Waals surface area contributed by atoms with E-state index in [0.717, 1.165) is 34.1 Å². The van der Waals surface area contributed by atoms with Crippen LogP contribution in [-0.4, -0.2) is 0 Å². The Kier molecular flexibility index (Phi) is 8.42. The predicted octanol–water partition coefficient (Wildman–Crippen LogP) is 14.2. The number of nitrogens with zero attached hydrogens (tertiary/aromatic N) is 2. The van der Waals surface area contributed by atoms with Crippen molar-refractivity contribution in [2.75, 3.05) is 9.80 Å². The molecule has 0 saturated carbocycles. The van der Waals surface area contributed by atoms with E-state index in [-0.39, 0.29) is 0 Å². The van der Waals surface area contributed by atoms with Gasteiger partial charge in [0.1, 0.15) is 0 Å². The second-order valence-electron chi connectivity index (χ2n) is 12.2. The first kappa shape index (κ1) is 30.9. The van der Waals surface area contributed by atoms with Gasteiger partial charge in [-0.2, -0.15) is 0 Å². The average Bonchev–Trinajstić information content (AvgIpc) is 3.20. The van der Waals surface area contributed by atoms with E-state index in [1.807, 2.05) is 13.8 Å². The van der Waals surface area contributed by atoms with Crippen LogP contribution in [0.4, 0.5) is 34.1 Å². The van der Waals surface area contributed by atoms with Crippen LogP contribution in [0.1, 0.15) is 13.8 Å². The first-order valence-corrected chi connectivity index (χ1v) is 17.5. The van der Waals surface area contributed by atoms with Crippen LogP contribution in [0, 0.1) is 0 Å². The molecule has 0 heterocycles. The molecule has 0 aliphatic carbocycles. The molecular weight excluding hydrogens is 605 g/mol. The molecule has 0 unspecified atom stereocenters. The summed E-state index contributed by atoms with van der Waals surface area (Å²) in [5.74, 6) is 0. The molecule has 9 aromatic rings.